The summed E-state index contributed by atoms with van der Waals surface area (Å²) >= 11 is -0.826. The van der Waals surface area contributed by atoms with Crippen molar-refractivity contribution in [3.63, 3.8) is 0 Å². The summed E-state index contributed by atoms with van der Waals surface area (Å²) in [6, 6.07) is 53.8. The predicted molar refractivity (Wildman–Crippen MR) is 257 cm³/mol. The van der Waals surface area contributed by atoms with Gasteiger partial charge in [-0.2, -0.15) is 0 Å². The number of fused-ring (bicyclic) bond motifs is 2. The number of rotatable bonds is 8. The first-order valence-electron chi connectivity index (χ1n) is 20.4. The van der Waals surface area contributed by atoms with Crippen molar-refractivity contribution in [3.05, 3.63) is 179 Å². The maximum absolute atomic E-state index is 4.93. The molecule has 0 aromatic heterocycles. The zero-order valence-corrected chi connectivity index (χ0v) is 40.4. The molecule has 0 aliphatic heterocycles. The molecular formula is C54H56Cl2SiZr. The molecule has 0 atom stereocenters. The Balaban J connectivity index is 0.000000195. The van der Waals surface area contributed by atoms with Gasteiger partial charge in [0.15, 0.2) is 0 Å². The Bertz CT molecular complexity index is 2290. The molecule has 0 aliphatic carbocycles. The molecule has 0 unspecified atom stereocenters. The number of hydrogen-bond acceptors (Lipinski definition) is 0. The van der Waals surface area contributed by atoms with Gasteiger partial charge in [0.1, 0.15) is 0 Å². The van der Waals surface area contributed by atoms with Crippen molar-refractivity contribution in [3.8, 4) is 44.5 Å². The van der Waals surface area contributed by atoms with Gasteiger partial charge >= 0.3 is 37.9 Å². The van der Waals surface area contributed by atoms with E-state index in [0.717, 1.165) is 35.2 Å². The van der Waals surface area contributed by atoms with Gasteiger partial charge in [0.25, 0.3) is 0 Å². The van der Waals surface area contributed by atoms with Gasteiger partial charge in [0.05, 0.1) is 0 Å². The number of benzene rings is 6. The number of halogens is 2. The van der Waals surface area contributed by atoms with Crippen molar-refractivity contribution in [1.29, 1.82) is 0 Å². The van der Waals surface area contributed by atoms with Crippen molar-refractivity contribution in [1.82, 2.24) is 0 Å². The van der Waals surface area contributed by atoms with Crippen LogP contribution < -0.4 is 0 Å². The van der Waals surface area contributed by atoms with Crippen molar-refractivity contribution in [2.75, 3.05) is 0 Å². The van der Waals surface area contributed by atoms with Crippen molar-refractivity contribution < 1.29 is 20.8 Å². The van der Waals surface area contributed by atoms with E-state index in [0.29, 0.717) is 0 Å². The summed E-state index contributed by atoms with van der Waals surface area (Å²) in [5.74, 6) is 0. The fraction of sp³-hybridized carbons (Fsp3) is 0.222. The Morgan fingerprint density at radius 1 is 0.466 bits per heavy atom. The molecule has 58 heavy (non-hydrogen) atoms. The Morgan fingerprint density at radius 2 is 0.793 bits per heavy atom. The Kier molecular flexibility index (Phi) is 17.6. The van der Waals surface area contributed by atoms with Crippen LogP contribution in [0.15, 0.2) is 146 Å². The Hall–Kier alpha value is -3.78. The van der Waals surface area contributed by atoms with Crippen LogP contribution in [0.25, 0.3) is 66.1 Å². The summed E-state index contributed by atoms with van der Waals surface area (Å²) in [6.45, 7) is 17.6. The van der Waals surface area contributed by atoms with E-state index in [2.05, 4.69) is 200 Å². The average Bonchev–Trinajstić information content (AvgIpc) is 3.84. The van der Waals surface area contributed by atoms with Crippen LogP contribution in [0.4, 0.5) is 0 Å². The van der Waals surface area contributed by atoms with Crippen molar-refractivity contribution in [2.45, 2.75) is 80.3 Å². The molecule has 294 valence electrons. The standard InChI is InChI=1S/2C26H25.C2H6Si.2ClH.Zr/c2*1-4-8-21-11-12-22-16-23(20-9-6-5-7-10-20)17-25(22)26(21)24-14-18(2)13-19(3)15-24;1-3-2;;;/h2*5-7,9-17H,4,8H2,1-3H3;1-2H3;2*1H;/q2*-1;;;;+4/p-2. The van der Waals surface area contributed by atoms with Crippen LogP contribution in [0.2, 0.25) is 13.1 Å². The monoisotopic (exact) mass is 892 g/mol. The normalized spacial score (nSPS) is 10.5. The van der Waals surface area contributed by atoms with Crippen LogP contribution in [-0.4, -0.2) is 9.52 Å². The topological polar surface area (TPSA) is 0 Å². The molecule has 0 N–H and O–H groups in total. The molecule has 0 aliphatic rings. The molecule has 0 saturated carbocycles. The summed E-state index contributed by atoms with van der Waals surface area (Å²) in [5, 5.41) is 5.41. The second kappa shape index (κ2) is 22.6. The van der Waals surface area contributed by atoms with Crippen LogP contribution >= 0.6 is 17.0 Å². The van der Waals surface area contributed by atoms with Crippen LogP contribution in [0, 0.1) is 27.7 Å². The van der Waals surface area contributed by atoms with Crippen molar-refractivity contribution >= 4 is 48.1 Å². The second-order valence-electron chi connectivity index (χ2n) is 15.2. The molecule has 0 nitrogen and oxygen atoms in total. The molecule has 0 fully saturated rings. The van der Waals surface area contributed by atoms with E-state index in [4.69, 9.17) is 17.0 Å². The van der Waals surface area contributed by atoms with Gasteiger partial charge in [-0.3, -0.25) is 0 Å². The summed E-state index contributed by atoms with van der Waals surface area (Å²) in [6.07, 6.45) is 4.55. The quantitative estimate of drug-likeness (QED) is 0.105. The van der Waals surface area contributed by atoms with Gasteiger partial charge in [-0.15, -0.1) is 69.1 Å². The van der Waals surface area contributed by atoms with Gasteiger partial charge in [-0.25, -0.2) is 0 Å². The first kappa shape index (κ1) is 45.3. The summed E-state index contributed by atoms with van der Waals surface area (Å²) in [4.78, 5) is 0. The molecule has 4 heteroatoms. The molecule has 8 aromatic carbocycles. The van der Waals surface area contributed by atoms with Crippen LogP contribution in [0.1, 0.15) is 60.1 Å². The number of aryl methyl sites for hydroxylation is 6. The van der Waals surface area contributed by atoms with Crippen LogP contribution in [0.3, 0.4) is 0 Å². The zero-order chi connectivity index (χ0) is 41.6. The van der Waals surface area contributed by atoms with Gasteiger partial charge < -0.3 is 0 Å². The first-order chi connectivity index (χ1) is 28.1. The van der Waals surface area contributed by atoms with Gasteiger partial charge in [0.2, 0.25) is 0 Å². The molecule has 8 aromatic rings. The predicted octanol–water partition coefficient (Wildman–Crippen LogP) is 17.1. The maximum atomic E-state index is 4.93. The van der Waals surface area contributed by atoms with Crippen LogP contribution in [-0.2, 0) is 33.7 Å². The molecule has 0 bridgehead atoms. The van der Waals surface area contributed by atoms with E-state index in [1.165, 1.54) is 99.4 Å². The third-order valence-electron chi connectivity index (χ3n) is 10.2. The minimum absolute atomic E-state index is 0.826. The fourth-order valence-electron chi connectivity index (χ4n) is 8.12. The van der Waals surface area contributed by atoms with E-state index < -0.39 is 20.8 Å². The molecule has 0 heterocycles. The van der Waals surface area contributed by atoms with E-state index in [-0.39, 0.29) is 0 Å². The minimum atomic E-state index is -0.826. The molecule has 8 rings (SSSR count). The summed E-state index contributed by atoms with van der Waals surface area (Å²) in [5.41, 5.74) is 18.9. The molecule has 0 amide bonds. The van der Waals surface area contributed by atoms with Crippen molar-refractivity contribution in [2.24, 2.45) is 0 Å². The summed E-state index contributed by atoms with van der Waals surface area (Å²) in [7, 11) is 11.0. The molecule has 0 spiro atoms. The van der Waals surface area contributed by atoms with E-state index in [9.17, 15) is 0 Å². The summed E-state index contributed by atoms with van der Waals surface area (Å²) < 4.78 is 0. The molecule has 0 saturated heterocycles. The van der Waals surface area contributed by atoms with Gasteiger partial charge in [-0.05, 0) is 62.8 Å². The first-order valence-corrected chi connectivity index (χ1v) is 28.7. The molecular weight excluding hydrogens is 839 g/mol. The SMILES string of the molecule is CCCc1ccc2[cH-]c(-c3ccccc3)cc2c1-c1cc(C)cc(C)c1.CCCc1ccc2[cH-]c(-c3ccccc3)cc2c1-c1cc(C)cc(C)c1.C[Si]C.[Cl][Zr+2][Cl]. The van der Waals surface area contributed by atoms with E-state index in [1.54, 1.807) is 0 Å². The van der Waals surface area contributed by atoms with Gasteiger partial charge in [0, 0.05) is 9.52 Å². The van der Waals surface area contributed by atoms with E-state index in [1.807, 2.05) is 0 Å². The third kappa shape index (κ3) is 11.7. The Labute approximate surface area is 369 Å². The van der Waals surface area contributed by atoms with E-state index >= 15 is 0 Å². The zero-order valence-electron chi connectivity index (χ0n) is 35.4. The van der Waals surface area contributed by atoms with Crippen LogP contribution in [0.5, 0.6) is 0 Å². The fourth-order valence-corrected chi connectivity index (χ4v) is 8.12. The third-order valence-corrected chi connectivity index (χ3v) is 10.2. The number of hydrogen-bond donors (Lipinski definition) is 0. The van der Waals surface area contributed by atoms with Gasteiger partial charge in [-0.1, -0.05) is 193 Å². The second-order valence-corrected chi connectivity index (χ2v) is 20.0. The average molecular weight is 895 g/mol. The molecule has 2 radical (unpaired) electrons. The Morgan fingerprint density at radius 3 is 1.10 bits per heavy atom.